The van der Waals surface area contributed by atoms with Crippen LogP contribution in [-0.2, 0) is 4.79 Å². The standard InChI is InChI=1S/C17H12ClN3O3S/c18-12-5-7-13(8-6-12)20-17-21(15(22)10-25-17)19-9-11-3-1-2-4-14(11)16(23)24/h1-9H,10H2,(H,23,24)/b19-9+,20-17?. The molecule has 1 heterocycles. The first-order valence-electron chi connectivity index (χ1n) is 7.21. The number of aromatic carboxylic acids is 1. The molecule has 1 fully saturated rings. The van der Waals surface area contributed by atoms with E-state index in [9.17, 15) is 14.7 Å². The molecule has 0 atom stereocenters. The Kier molecular flexibility index (Phi) is 5.16. The van der Waals surface area contributed by atoms with Crippen LogP contribution in [0.5, 0.6) is 0 Å². The smallest absolute Gasteiger partial charge is 0.336 e. The minimum Gasteiger partial charge on any atom is -0.478 e. The summed E-state index contributed by atoms with van der Waals surface area (Å²) < 4.78 is 0. The van der Waals surface area contributed by atoms with Gasteiger partial charge in [0.05, 0.1) is 23.2 Å². The van der Waals surface area contributed by atoms with Crippen LogP contribution in [-0.4, -0.2) is 39.1 Å². The number of carbonyl (C=O) groups is 2. The molecule has 8 heteroatoms. The number of carboxylic acid groups (broad SMARTS) is 1. The van der Waals surface area contributed by atoms with Crippen molar-refractivity contribution >= 4 is 52.3 Å². The molecule has 0 radical (unpaired) electrons. The first-order chi connectivity index (χ1) is 12.0. The molecular formula is C17H12ClN3O3S. The normalized spacial score (nSPS) is 16.1. The highest BCUT2D eigenvalue weighted by molar-refractivity contribution is 8.15. The van der Waals surface area contributed by atoms with Crippen LogP contribution < -0.4 is 0 Å². The summed E-state index contributed by atoms with van der Waals surface area (Å²) in [5, 5.41) is 15.5. The molecule has 0 unspecified atom stereocenters. The Morgan fingerprint density at radius 1 is 1.20 bits per heavy atom. The van der Waals surface area contributed by atoms with Gasteiger partial charge in [0, 0.05) is 10.6 Å². The van der Waals surface area contributed by atoms with Crippen LogP contribution in [0.1, 0.15) is 15.9 Å². The van der Waals surface area contributed by atoms with Gasteiger partial charge in [0.15, 0.2) is 5.17 Å². The Hall–Kier alpha value is -2.64. The largest absolute Gasteiger partial charge is 0.478 e. The molecule has 0 aromatic heterocycles. The molecule has 0 spiro atoms. The van der Waals surface area contributed by atoms with Crippen molar-refractivity contribution in [2.45, 2.75) is 0 Å². The maximum Gasteiger partial charge on any atom is 0.336 e. The monoisotopic (exact) mass is 373 g/mol. The molecule has 0 aliphatic carbocycles. The van der Waals surface area contributed by atoms with Gasteiger partial charge in [-0.3, -0.25) is 4.79 Å². The van der Waals surface area contributed by atoms with E-state index in [4.69, 9.17) is 11.6 Å². The number of carbonyl (C=O) groups excluding carboxylic acids is 1. The Morgan fingerprint density at radius 2 is 1.92 bits per heavy atom. The fraction of sp³-hybridized carbons (Fsp3) is 0.0588. The molecule has 0 bridgehead atoms. The zero-order chi connectivity index (χ0) is 17.8. The summed E-state index contributed by atoms with van der Waals surface area (Å²) in [6, 6.07) is 13.3. The highest BCUT2D eigenvalue weighted by Gasteiger charge is 2.28. The molecule has 1 N–H and O–H groups in total. The van der Waals surface area contributed by atoms with Crippen LogP contribution in [0, 0.1) is 0 Å². The van der Waals surface area contributed by atoms with Crippen molar-refractivity contribution in [2.75, 3.05) is 5.75 Å². The minimum absolute atomic E-state index is 0.113. The summed E-state index contributed by atoms with van der Waals surface area (Å²) in [4.78, 5) is 27.7. The fourth-order valence-electron chi connectivity index (χ4n) is 2.10. The third kappa shape index (κ3) is 4.07. The number of hydrogen-bond acceptors (Lipinski definition) is 5. The van der Waals surface area contributed by atoms with Gasteiger partial charge in [-0.1, -0.05) is 41.6 Å². The van der Waals surface area contributed by atoms with Gasteiger partial charge < -0.3 is 5.11 Å². The summed E-state index contributed by atoms with van der Waals surface area (Å²) in [7, 11) is 0. The van der Waals surface area contributed by atoms with Crippen LogP contribution in [0.25, 0.3) is 0 Å². The van der Waals surface area contributed by atoms with Crippen molar-refractivity contribution in [2.24, 2.45) is 10.1 Å². The van der Waals surface area contributed by atoms with E-state index in [1.807, 2.05) is 0 Å². The molecule has 6 nitrogen and oxygen atoms in total. The second-order valence-corrected chi connectivity index (χ2v) is 6.38. The van der Waals surface area contributed by atoms with Crippen LogP contribution in [0.15, 0.2) is 58.6 Å². The number of thioether (sulfide) groups is 1. The van der Waals surface area contributed by atoms with Crippen molar-refractivity contribution in [1.29, 1.82) is 0 Å². The SMILES string of the molecule is O=C(O)c1ccccc1/C=N/N1C(=O)CSC1=Nc1ccc(Cl)cc1. The minimum atomic E-state index is -1.06. The lowest BCUT2D eigenvalue weighted by atomic mass is 10.1. The van der Waals surface area contributed by atoms with Gasteiger partial charge in [-0.25, -0.2) is 9.79 Å². The number of amidine groups is 1. The molecule has 1 aliphatic rings. The van der Waals surface area contributed by atoms with Gasteiger partial charge in [0.2, 0.25) is 0 Å². The fourth-order valence-corrected chi connectivity index (χ4v) is 3.04. The van der Waals surface area contributed by atoms with E-state index in [2.05, 4.69) is 10.1 Å². The predicted molar refractivity (Wildman–Crippen MR) is 98.8 cm³/mol. The molecule has 1 saturated heterocycles. The number of hydrogen-bond donors (Lipinski definition) is 1. The van der Waals surface area contributed by atoms with E-state index in [0.717, 1.165) is 0 Å². The van der Waals surface area contributed by atoms with Gasteiger partial charge in [0.25, 0.3) is 5.91 Å². The van der Waals surface area contributed by atoms with Crippen LogP contribution in [0.2, 0.25) is 5.02 Å². The molecule has 1 amide bonds. The Morgan fingerprint density at radius 3 is 2.64 bits per heavy atom. The van der Waals surface area contributed by atoms with E-state index >= 15 is 0 Å². The third-order valence-corrected chi connectivity index (χ3v) is 4.46. The molecule has 1 aliphatic heterocycles. The molecule has 3 rings (SSSR count). The maximum atomic E-state index is 12.0. The third-order valence-electron chi connectivity index (χ3n) is 3.30. The topological polar surface area (TPSA) is 82.3 Å². The highest BCUT2D eigenvalue weighted by Crippen LogP contribution is 2.25. The lowest BCUT2D eigenvalue weighted by molar-refractivity contribution is -0.124. The first kappa shape index (κ1) is 17.2. The van der Waals surface area contributed by atoms with Gasteiger partial charge in [-0.2, -0.15) is 10.1 Å². The van der Waals surface area contributed by atoms with E-state index in [1.165, 1.54) is 29.1 Å². The first-order valence-corrected chi connectivity index (χ1v) is 8.57. The van der Waals surface area contributed by atoms with Gasteiger partial charge >= 0.3 is 5.97 Å². The average Bonchev–Trinajstić information content (AvgIpc) is 2.95. The number of amides is 1. The van der Waals surface area contributed by atoms with E-state index < -0.39 is 5.97 Å². The Balaban J connectivity index is 1.88. The second kappa shape index (κ2) is 7.50. The number of rotatable bonds is 4. The summed E-state index contributed by atoms with van der Waals surface area (Å²) in [5.41, 5.74) is 1.17. The number of nitrogens with zero attached hydrogens (tertiary/aromatic N) is 3. The Bertz CT molecular complexity index is 881. The summed E-state index contributed by atoms with van der Waals surface area (Å²) in [5.74, 6) is -1.05. The van der Waals surface area contributed by atoms with E-state index in [1.54, 1.807) is 42.5 Å². The quantitative estimate of drug-likeness (QED) is 0.829. The molecule has 2 aromatic carbocycles. The van der Waals surface area contributed by atoms with Crippen molar-refractivity contribution in [1.82, 2.24) is 5.01 Å². The number of benzene rings is 2. The summed E-state index contributed by atoms with van der Waals surface area (Å²) in [6.07, 6.45) is 1.35. The van der Waals surface area contributed by atoms with Crippen LogP contribution in [0.4, 0.5) is 5.69 Å². The number of hydrazone groups is 1. The van der Waals surface area contributed by atoms with Gasteiger partial charge in [-0.15, -0.1) is 0 Å². The maximum absolute atomic E-state index is 12.0. The van der Waals surface area contributed by atoms with Crippen molar-refractivity contribution in [3.63, 3.8) is 0 Å². The lowest BCUT2D eigenvalue weighted by Gasteiger charge is -2.09. The predicted octanol–water partition coefficient (Wildman–Crippen LogP) is 3.64. The number of aliphatic imine (C=N–C) groups is 1. The number of carboxylic acids is 1. The highest BCUT2D eigenvalue weighted by atomic mass is 35.5. The van der Waals surface area contributed by atoms with Gasteiger partial charge in [0.1, 0.15) is 0 Å². The van der Waals surface area contributed by atoms with Crippen molar-refractivity contribution < 1.29 is 14.7 Å². The molecular weight excluding hydrogens is 362 g/mol. The van der Waals surface area contributed by atoms with E-state index in [0.29, 0.717) is 21.4 Å². The second-order valence-electron chi connectivity index (χ2n) is 5.00. The molecule has 0 saturated carbocycles. The van der Waals surface area contributed by atoms with E-state index in [-0.39, 0.29) is 17.2 Å². The Labute approximate surface area is 152 Å². The van der Waals surface area contributed by atoms with Crippen molar-refractivity contribution in [3.8, 4) is 0 Å². The van der Waals surface area contributed by atoms with Crippen LogP contribution in [0.3, 0.4) is 0 Å². The lowest BCUT2D eigenvalue weighted by Crippen LogP contribution is -2.24. The van der Waals surface area contributed by atoms with Crippen molar-refractivity contribution in [3.05, 3.63) is 64.7 Å². The zero-order valence-corrected chi connectivity index (χ0v) is 14.4. The van der Waals surface area contributed by atoms with Gasteiger partial charge in [-0.05, 0) is 30.3 Å². The molecule has 126 valence electrons. The summed E-state index contributed by atoms with van der Waals surface area (Å²) in [6.45, 7) is 0. The molecule has 2 aromatic rings. The average molecular weight is 374 g/mol. The summed E-state index contributed by atoms with van der Waals surface area (Å²) >= 11 is 7.11. The van der Waals surface area contributed by atoms with Crippen LogP contribution >= 0.6 is 23.4 Å². The molecule has 25 heavy (non-hydrogen) atoms. The number of halogens is 1. The zero-order valence-electron chi connectivity index (χ0n) is 12.8.